The molecular formula is C21H28N2O2S. The number of aldehydes is 1. The molecule has 0 radical (unpaired) electrons. The van der Waals surface area contributed by atoms with Crippen LogP contribution in [0.2, 0.25) is 0 Å². The summed E-state index contributed by atoms with van der Waals surface area (Å²) in [5.74, 6) is 1.76. The third kappa shape index (κ3) is 2.66. The number of imidazole rings is 1. The Morgan fingerprint density at radius 2 is 2.08 bits per heavy atom. The lowest BCUT2D eigenvalue weighted by Gasteiger charge is -2.48. The highest BCUT2D eigenvalue weighted by Gasteiger charge is 2.48. The molecule has 0 bridgehead atoms. The Hall–Kier alpha value is -1.20. The molecular weight excluding hydrogens is 344 g/mol. The Morgan fingerprint density at radius 1 is 1.27 bits per heavy atom. The number of nitrogens with zero attached hydrogens (tertiary/aromatic N) is 2. The van der Waals surface area contributed by atoms with E-state index in [1.807, 2.05) is 12.5 Å². The number of carbonyl (C=O) groups is 1. The molecule has 3 aliphatic rings. The van der Waals surface area contributed by atoms with Gasteiger partial charge in [0.1, 0.15) is 17.4 Å². The maximum absolute atomic E-state index is 12.4. The molecule has 5 heteroatoms. The molecule has 3 fully saturated rings. The van der Waals surface area contributed by atoms with Crippen molar-refractivity contribution in [1.82, 2.24) is 9.38 Å². The van der Waals surface area contributed by atoms with Crippen LogP contribution in [0.15, 0.2) is 12.5 Å². The lowest BCUT2D eigenvalue weighted by molar-refractivity contribution is -0.128. The smallest absolute Gasteiger partial charge is 0.126 e. The van der Waals surface area contributed by atoms with E-state index in [1.54, 1.807) is 11.3 Å². The molecule has 4 nitrogen and oxygen atoms in total. The molecule has 0 aromatic carbocycles. The van der Waals surface area contributed by atoms with Crippen molar-refractivity contribution < 1.29 is 9.90 Å². The molecule has 140 valence electrons. The molecule has 0 saturated heterocycles. The van der Waals surface area contributed by atoms with Crippen LogP contribution in [0.5, 0.6) is 0 Å². The van der Waals surface area contributed by atoms with Crippen LogP contribution in [0.1, 0.15) is 86.8 Å². The van der Waals surface area contributed by atoms with E-state index in [9.17, 15) is 9.90 Å². The zero-order valence-corrected chi connectivity index (χ0v) is 16.1. The number of rotatable bonds is 5. The van der Waals surface area contributed by atoms with E-state index < -0.39 is 6.10 Å². The maximum Gasteiger partial charge on any atom is 0.126 e. The first kappa shape index (κ1) is 16.9. The van der Waals surface area contributed by atoms with Gasteiger partial charge in [0.2, 0.25) is 0 Å². The molecule has 2 aromatic rings. The third-order valence-corrected chi connectivity index (χ3v) is 8.54. The largest absolute Gasteiger partial charge is 0.387 e. The molecule has 4 unspecified atom stereocenters. The summed E-state index contributed by atoms with van der Waals surface area (Å²) >= 11 is 1.77. The SMILES string of the molecule is O=CC1(CC(O)c2c(C3CC3)sc3cncn23)CCCC2CCCCC21. The molecule has 3 aliphatic carbocycles. The van der Waals surface area contributed by atoms with Gasteiger partial charge >= 0.3 is 0 Å². The molecule has 0 amide bonds. The van der Waals surface area contributed by atoms with Crippen molar-refractivity contribution in [2.45, 2.75) is 76.2 Å². The van der Waals surface area contributed by atoms with Crippen LogP contribution < -0.4 is 0 Å². The first-order chi connectivity index (χ1) is 12.7. The number of aromatic nitrogens is 2. The van der Waals surface area contributed by atoms with Gasteiger partial charge in [0, 0.05) is 10.3 Å². The average molecular weight is 373 g/mol. The summed E-state index contributed by atoms with van der Waals surface area (Å²) in [4.78, 5) is 19.1. The molecule has 2 heterocycles. The summed E-state index contributed by atoms with van der Waals surface area (Å²) in [6, 6.07) is 0. The van der Waals surface area contributed by atoms with Gasteiger partial charge in [-0.15, -0.1) is 11.3 Å². The van der Waals surface area contributed by atoms with Gasteiger partial charge in [-0.05, 0) is 49.9 Å². The Bertz CT molecular complexity index is 806. The van der Waals surface area contributed by atoms with Crippen molar-refractivity contribution >= 4 is 22.5 Å². The first-order valence-corrected chi connectivity index (χ1v) is 11.1. The number of thiazole rings is 1. The fraction of sp³-hybridized carbons (Fsp3) is 0.714. The number of fused-ring (bicyclic) bond motifs is 2. The monoisotopic (exact) mass is 372 g/mol. The van der Waals surface area contributed by atoms with E-state index in [0.29, 0.717) is 24.2 Å². The quantitative estimate of drug-likeness (QED) is 0.762. The number of carbonyl (C=O) groups excluding carboxylic acids is 1. The number of hydrogen-bond donors (Lipinski definition) is 1. The van der Waals surface area contributed by atoms with E-state index in [0.717, 1.165) is 29.8 Å². The van der Waals surface area contributed by atoms with Gasteiger partial charge in [0.15, 0.2) is 0 Å². The highest BCUT2D eigenvalue weighted by molar-refractivity contribution is 7.17. The number of aliphatic hydroxyl groups excluding tert-OH is 1. The predicted octanol–water partition coefficient (Wildman–Crippen LogP) is 4.87. The van der Waals surface area contributed by atoms with Gasteiger partial charge < -0.3 is 9.90 Å². The number of hydrogen-bond acceptors (Lipinski definition) is 4. The Balaban J connectivity index is 1.48. The van der Waals surface area contributed by atoms with Crippen LogP contribution in [-0.2, 0) is 4.79 Å². The van der Waals surface area contributed by atoms with Crippen molar-refractivity contribution in [2.24, 2.45) is 17.3 Å². The second-order valence-corrected chi connectivity index (χ2v) is 9.90. The van der Waals surface area contributed by atoms with Crippen molar-refractivity contribution in [2.75, 3.05) is 0 Å². The lowest BCUT2D eigenvalue weighted by atomic mass is 9.56. The molecule has 5 rings (SSSR count). The number of aliphatic hydroxyl groups is 1. The summed E-state index contributed by atoms with van der Waals surface area (Å²) in [5.41, 5.74) is 0.683. The predicted molar refractivity (Wildman–Crippen MR) is 102 cm³/mol. The molecule has 0 spiro atoms. The molecule has 4 atom stereocenters. The van der Waals surface area contributed by atoms with E-state index in [4.69, 9.17) is 0 Å². The van der Waals surface area contributed by atoms with Crippen LogP contribution in [0, 0.1) is 17.3 Å². The van der Waals surface area contributed by atoms with Crippen molar-refractivity contribution in [3.8, 4) is 0 Å². The fourth-order valence-electron chi connectivity index (χ4n) is 5.88. The Morgan fingerprint density at radius 3 is 2.88 bits per heavy atom. The van der Waals surface area contributed by atoms with Gasteiger partial charge in [-0.25, -0.2) is 4.98 Å². The van der Waals surface area contributed by atoms with Gasteiger partial charge in [-0.2, -0.15) is 0 Å². The van der Waals surface area contributed by atoms with E-state index in [1.165, 1.54) is 49.7 Å². The zero-order valence-electron chi connectivity index (χ0n) is 15.3. The second-order valence-electron chi connectivity index (χ2n) is 8.84. The summed E-state index contributed by atoms with van der Waals surface area (Å²) in [6.45, 7) is 0. The van der Waals surface area contributed by atoms with E-state index in [-0.39, 0.29) is 5.41 Å². The van der Waals surface area contributed by atoms with Crippen LogP contribution in [0.25, 0.3) is 4.83 Å². The Labute approximate surface area is 158 Å². The van der Waals surface area contributed by atoms with Gasteiger partial charge in [-0.1, -0.05) is 32.1 Å². The zero-order chi connectivity index (χ0) is 17.7. The highest BCUT2D eigenvalue weighted by atomic mass is 32.1. The molecule has 26 heavy (non-hydrogen) atoms. The summed E-state index contributed by atoms with van der Waals surface area (Å²) in [5, 5.41) is 11.3. The topological polar surface area (TPSA) is 54.6 Å². The summed E-state index contributed by atoms with van der Waals surface area (Å²) in [6.07, 6.45) is 15.7. The third-order valence-electron chi connectivity index (χ3n) is 7.27. The normalized spacial score (nSPS) is 33.1. The average Bonchev–Trinajstić information content (AvgIpc) is 3.30. The van der Waals surface area contributed by atoms with Gasteiger partial charge in [0.25, 0.3) is 0 Å². The van der Waals surface area contributed by atoms with E-state index in [2.05, 4.69) is 9.38 Å². The second kappa shape index (κ2) is 6.45. The van der Waals surface area contributed by atoms with Gasteiger partial charge in [0.05, 0.1) is 18.0 Å². The standard InChI is InChI=1S/C21H28N2O2S/c24-12-21(9-3-5-14-4-1-2-6-16(14)21)10-17(25)19-20(15-7-8-15)26-18-11-22-13-23(18)19/h11-17,25H,1-10H2. The summed E-state index contributed by atoms with van der Waals surface area (Å²) < 4.78 is 2.07. The lowest BCUT2D eigenvalue weighted by Crippen LogP contribution is -2.43. The van der Waals surface area contributed by atoms with Crippen LogP contribution in [0.3, 0.4) is 0 Å². The molecule has 0 aliphatic heterocycles. The van der Waals surface area contributed by atoms with Crippen LogP contribution in [0.4, 0.5) is 0 Å². The van der Waals surface area contributed by atoms with Crippen LogP contribution in [-0.4, -0.2) is 20.8 Å². The Kier molecular flexibility index (Phi) is 4.20. The van der Waals surface area contributed by atoms with Crippen molar-refractivity contribution in [1.29, 1.82) is 0 Å². The molecule has 1 N–H and O–H groups in total. The first-order valence-electron chi connectivity index (χ1n) is 10.3. The minimum Gasteiger partial charge on any atom is -0.387 e. The van der Waals surface area contributed by atoms with Crippen molar-refractivity contribution in [3.63, 3.8) is 0 Å². The fourth-order valence-corrected chi connectivity index (χ4v) is 7.20. The molecule has 3 saturated carbocycles. The van der Waals surface area contributed by atoms with E-state index >= 15 is 0 Å². The molecule has 2 aromatic heterocycles. The minimum absolute atomic E-state index is 0.335. The minimum atomic E-state index is -0.570. The summed E-state index contributed by atoms with van der Waals surface area (Å²) in [7, 11) is 0. The highest BCUT2D eigenvalue weighted by Crippen LogP contribution is 2.55. The van der Waals surface area contributed by atoms with Crippen molar-refractivity contribution in [3.05, 3.63) is 23.1 Å². The van der Waals surface area contributed by atoms with Crippen LogP contribution >= 0.6 is 11.3 Å². The van der Waals surface area contributed by atoms with Gasteiger partial charge in [-0.3, -0.25) is 4.40 Å². The maximum atomic E-state index is 12.4.